The van der Waals surface area contributed by atoms with Crippen molar-refractivity contribution in [2.45, 2.75) is 23.6 Å². The third-order valence-electron chi connectivity index (χ3n) is 2.32. The van der Waals surface area contributed by atoms with Gasteiger partial charge in [-0.25, -0.2) is 8.42 Å². The van der Waals surface area contributed by atoms with Crippen LogP contribution in [-0.2, 0) is 10.0 Å². The van der Waals surface area contributed by atoms with Gasteiger partial charge in [0.1, 0.15) is 4.21 Å². The molecule has 0 spiro atoms. The number of hydrogen-bond acceptors (Lipinski definition) is 3. The van der Waals surface area contributed by atoms with Gasteiger partial charge in [0.2, 0.25) is 0 Å². The number of sulfonamides is 1. The molecule has 0 bridgehead atoms. The summed E-state index contributed by atoms with van der Waals surface area (Å²) in [6, 6.07) is 1.70. The van der Waals surface area contributed by atoms with Crippen LogP contribution in [0.1, 0.15) is 13.8 Å². The minimum Gasteiger partial charge on any atom is -0.206 e. The van der Waals surface area contributed by atoms with Crippen LogP contribution in [0, 0.1) is 12.3 Å². The normalized spacial score (nSPS) is 12.8. The third kappa shape index (κ3) is 2.33. The van der Waals surface area contributed by atoms with E-state index in [1.54, 1.807) is 25.3 Å². The molecule has 0 aliphatic carbocycles. The molecule has 0 radical (unpaired) electrons. The topological polar surface area (TPSA) is 37.4 Å². The molecule has 0 aromatic carbocycles. The number of halogens is 1. The van der Waals surface area contributed by atoms with E-state index < -0.39 is 15.6 Å². The molecule has 3 nitrogen and oxygen atoms in total. The molecule has 0 saturated heterocycles. The van der Waals surface area contributed by atoms with Crippen LogP contribution in [-0.4, -0.2) is 25.3 Å². The molecule has 16 heavy (non-hydrogen) atoms. The summed E-state index contributed by atoms with van der Waals surface area (Å²) in [6.07, 6.45) is 5.33. The van der Waals surface area contributed by atoms with Crippen molar-refractivity contribution in [2.75, 3.05) is 7.05 Å². The van der Waals surface area contributed by atoms with Crippen LogP contribution in [0.4, 0.5) is 0 Å². The minimum absolute atomic E-state index is 0.276. The predicted molar refractivity (Wildman–Crippen MR) is 69.9 cm³/mol. The van der Waals surface area contributed by atoms with Gasteiger partial charge in [0.05, 0.1) is 5.54 Å². The molecule has 0 aliphatic heterocycles. The van der Waals surface area contributed by atoms with Gasteiger partial charge in [0.25, 0.3) is 10.0 Å². The van der Waals surface area contributed by atoms with E-state index in [1.165, 1.54) is 22.7 Å². The zero-order valence-electron chi connectivity index (χ0n) is 9.19. The molecule has 1 aromatic heterocycles. The zero-order valence-corrected chi connectivity index (χ0v) is 12.4. The molecule has 0 saturated carbocycles. The Labute approximate surface area is 109 Å². The fourth-order valence-electron chi connectivity index (χ4n) is 0.980. The van der Waals surface area contributed by atoms with Gasteiger partial charge in [0.15, 0.2) is 0 Å². The Morgan fingerprint density at radius 2 is 2.12 bits per heavy atom. The fraction of sp³-hybridized carbons (Fsp3) is 0.400. The predicted octanol–water partition coefficient (Wildman–Crippen LogP) is 2.54. The van der Waals surface area contributed by atoms with E-state index in [-0.39, 0.29) is 4.21 Å². The lowest BCUT2D eigenvalue weighted by molar-refractivity contribution is 0.341. The molecule has 0 fully saturated rings. The van der Waals surface area contributed by atoms with Gasteiger partial charge < -0.3 is 0 Å². The van der Waals surface area contributed by atoms with Crippen molar-refractivity contribution in [2.24, 2.45) is 0 Å². The molecular formula is C10H12BrNO2S2. The highest BCUT2D eigenvalue weighted by atomic mass is 79.9. The molecule has 0 N–H and O–H groups in total. The van der Waals surface area contributed by atoms with Gasteiger partial charge in [0, 0.05) is 11.5 Å². The van der Waals surface area contributed by atoms with E-state index in [2.05, 4.69) is 21.9 Å². The van der Waals surface area contributed by atoms with E-state index in [9.17, 15) is 8.42 Å². The van der Waals surface area contributed by atoms with Gasteiger partial charge in [-0.3, -0.25) is 0 Å². The Morgan fingerprint density at radius 1 is 1.56 bits per heavy atom. The summed E-state index contributed by atoms with van der Waals surface area (Å²) < 4.78 is 26.5. The molecule has 88 valence electrons. The summed E-state index contributed by atoms with van der Waals surface area (Å²) in [4.78, 5) is 0. The summed E-state index contributed by atoms with van der Waals surface area (Å²) in [7, 11) is -2.05. The lowest BCUT2D eigenvalue weighted by Crippen LogP contribution is -2.43. The number of terminal acetylenes is 1. The maximum Gasteiger partial charge on any atom is 0.254 e. The van der Waals surface area contributed by atoms with Crippen molar-refractivity contribution in [1.82, 2.24) is 4.31 Å². The molecule has 0 amide bonds. The number of hydrogen-bond donors (Lipinski definition) is 0. The second-order valence-electron chi connectivity index (χ2n) is 3.73. The van der Waals surface area contributed by atoms with Crippen molar-refractivity contribution < 1.29 is 8.42 Å². The van der Waals surface area contributed by atoms with Crippen LogP contribution < -0.4 is 0 Å². The molecule has 0 aliphatic rings. The first kappa shape index (κ1) is 13.7. The third-order valence-corrected chi connectivity index (χ3v) is 7.00. The van der Waals surface area contributed by atoms with E-state index >= 15 is 0 Å². The standard InChI is InChI=1S/C10H12BrNO2S2/c1-5-10(2,3)12(4)16(13,14)9-8(11)6-7-15-9/h1,6-7H,2-4H3. The monoisotopic (exact) mass is 321 g/mol. The highest BCUT2D eigenvalue weighted by Gasteiger charge is 2.34. The minimum atomic E-state index is -3.53. The smallest absolute Gasteiger partial charge is 0.206 e. The maximum absolute atomic E-state index is 12.2. The zero-order chi connectivity index (χ0) is 12.6. The first-order chi connectivity index (χ1) is 7.23. The number of rotatable bonds is 3. The SMILES string of the molecule is C#CC(C)(C)N(C)S(=O)(=O)c1sccc1Br. The Kier molecular flexibility index (Phi) is 3.85. The molecule has 1 heterocycles. The molecule has 0 atom stereocenters. The van der Waals surface area contributed by atoms with Crippen molar-refractivity contribution in [1.29, 1.82) is 0 Å². The van der Waals surface area contributed by atoms with E-state index in [4.69, 9.17) is 6.42 Å². The molecule has 6 heteroatoms. The van der Waals surface area contributed by atoms with Crippen LogP contribution in [0.5, 0.6) is 0 Å². The summed E-state index contributed by atoms with van der Waals surface area (Å²) in [5, 5.41) is 1.72. The van der Waals surface area contributed by atoms with Gasteiger partial charge in [-0.05, 0) is 41.2 Å². The second kappa shape index (κ2) is 4.49. The van der Waals surface area contributed by atoms with Gasteiger partial charge in [-0.2, -0.15) is 4.31 Å². The largest absolute Gasteiger partial charge is 0.254 e. The van der Waals surface area contributed by atoms with Crippen molar-refractivity contribution >= 4 is 37.3 Å². The summed E-state index contributed by atoms with van der Waals surface area (Å²) in [5.74, 6) is 2.46. The van der Waals surface area contributed by atoms with Crippen LogP contribution in [0.25, 0.3) is 0 Å². The molecular weight excluding hydrogens is 310 g/mol. The number of thiophene rings is 1. The maximum atomic E-state index is 12.2. The van der Waals surface area contributed by atoms with Crippen molar-refractivity contribution in [3.05, 3.63) is 15.9 Å². The van der Waals surface area contributed by atoms with Gasteiger partial charge in [-0.15, -0.1) is 17.8 Å². The Hall–Kier alpha value is -0.350. The molecule has 1 aromatic rings. The van der Waals surface area contributed by atoms with Crippen LogP contribution >= 0.6 is 27.3 Å². The number of nitrogens with zero attached hydrogens (tertiary/aromatic N) is 1. The fourth-order valence-corrected chi connectivity index (χ4v) is 4.89. The van der Waals surface area contributed by atoms with Crippen molar-refractivity contribution in [3.63, 3.8) is 0 Å². The van der Waals surface area contributed by atoms with Gasteiger partial charge >= 0.3 is 0 Å². The summed E-state index contributed by atoms with van der Waals surface area (Å²) >= 11 is 4.38. The lowest BCUT2D eigenvalue weighted by Gasteiger charge is -2.29. The average Bonchev–Trinajstić information content (AvgIpc) is 2.63. The van der Waals surface area contributed by atoms with Crippen LogP contribution in [0.3, 0.4) is 0 Å². The van der Waals surface area contributed by atoms with Crippen molar-refractivity contribution in [3.8, 4) is 12.3 Å². The van der Waals surface area contributed by atoms with Gasteiger partial charge in [-0.1, -0.05) is 5.92 Å². The highest BCUT2D eigenvalue weighted by Crippen LogP contribution is 2.32. The van der Waals surface area contributed by atoms with E-state index in [0.717, 1.165) is 0 Å². The summed E-state index contributed by atoms with van der Waals surface area (Å²) in [6.45, 7) is 3.37. The Balaban J connectivity index is 3.26. The Morgan fingerprint density at radius 3 is 2.50 bits per heavy atom. The Bertz CT molecular complexity index is 525. The molecule has 0 unspecified atom stereocenters. The first-order valence-corrected chi connectivity index (χ1v) is 7.54. The quantitative estimate of drug-likeness (QED) is 0.802. The first-order valence-electron chi connectivity index (χ1n) is 4.43. The second-order valence-corrected chi connectivity index (χ2v) is 7.67. The average molecular weight is 322 g/mol. The molecule has 1 rings (SSSR count). The lowest BCUT2D eigenvalue weighted by atomic mass is 10.1. The van der Waals surface area contributed by atoms with Crippen LogP contribution in [0.2, 0.25) is 0 Å². The van der Waals surface area contributed by atoms with E-state index in [0.29, 0.717) is 4.47 Å². The van der Waals surface area contributed by atoms with E-state index in [1.807, 2.05) is 0 Å². The highest BCUT2D eigenvalue weighted by molar-refractivity contribution is 9.10. The van der Waals surface area contributed by atoms with Crippen LogP contribution in [0.15, 0.2) is 20.1 Å². The summed E-state index contributed by atoms with van der Waals surface area (Å²) in [5.41, 5.74) is -0.845.